The zero-order chi connectivity index (χ0) is 21.9. The second kappa shape index (κ2) is 9.18. The predicted molar refractivity (Wildman–Crippen MR) is 124 cm³/mol. The molecule has 1 atom stereocenters. The highest BCUT2D eigenvalue weighted by atomic mass is 32.2. The van der Waals surface area contributed by atoms with Crippen molar-refractivity contribution in [3.8, 4) is 11.5 Å². The Hall–Kier alpha value is -3.10. The van der Waals surface area contributed by atoms with E-state index in [1.807, 2.05) is 59.5 Å². The number of carbonyl (C=O) groups is 1. The highest BCUT2D eigenvalue weighted by Gasteiger charge is 2.32. The zero-order valence-electron chi connectivity index (χ0n) is 16.8. The number of hydrogen-bond donors (Lipinski definition) is 0. The molecule has 2 heterocycles. The van der Waals surface area contributed by atoms with E-state index < -0.39 is 5.82 Å². The van der Waals surface area contributed by atoms with Gasteiger partial charge in [-0.15, -0.1) is 22.0 Å². The molecule has 1 amide bonds. The summed E-state index contributed by atoms with van der Waals surface area (Å²) < 4.78 is 19.6. The van der Waals surface area contributed by atoms with Gasteiger partial charge in [-0.25, -0.2) is 4.39 Å². The number of fused-ring (bicyclic) bond motifs is 1. The smallest absolute Gasteiger partial charge is 0.277 e. The molecular formula is C24H18FN3O2S2. The summed E-state index contributed by atoms with van der Waals surface area (Å²) >= 11 is 2.91. The topological polar surface area (TPSA) is 59.2 Å². The fraction of sp³-hybridized carbons (Fsp3) is 0.125. The molecule has 0 bridgehead atoms. The molecule has 0 fully saturated rings. The Labute approximate surface area is 193 Å². The molecule has 160 valence electrons. The number of benzene rings is 3. The number of anilines is 1. The summed E-state index contributed by atoms with van der Waals surface area (Å²) in [7, 11) is 0. The number of nitrogens with zero attached hydrogens (tertiary/aromatic N) is 3. The molecule has 8 heteroatoms. The fourth-order valence-electron chi connectivity index (χ4n) is 3.62. The maximum absolute atomic E-state index is 14.0. The number of thioether (sulfide) groups is 2. The Morgan fingerprint density at radius 2 is 1.78 bits per heavy atom. The van der Waals surface area contributed by atoms with Gasteiger partial charge in [0.25, 0.3) is 11.1 Å². The molecule has 0 saturated heterocycles. The number of aromatic nitrogens is 2. The lowest BCUT2D eigenvalue weighted by molar-refractivity contribution is -0.116. The summed E-state index contributed by atoms with van der Waals surface area (Å²) in [4.78, 5) is 16.3. The van der Waals surface area contributed by atoms with E-state index in [9.17, 15) is 9.18 Å². The number of halogens is 1. The van der Waals surface area contributed by atoms with Crippen LogP contribution in [0.1, 0.15) is 11.6 Å². The molecule has 1 aliphatic heterocycles. The minimum atomic E-state index is -0.433. The van der Waals surface area contributed by atoms with Gasteiger partial charge in [-0.05, 0) is 29.8 Å². The van der Waals surface area contributed by atoms with Gasteiger partial charge in [0.2, 0.25) is 5.91 Å². The maximum atomic E-state index is 14.0. The first-order chi connectivity index (χ1) is 15.7. The lowest BCUT2D eigenvalue weighted by atomic mass is 10.1. The average Bonchev–Trinajstić information content (AvgIpc) is 3.31. The van der Waals surface area contributed by atoms with Crippen LogP contribution in [0.15, 0.2) is 93.4 Å². The van der Waals surface area contributed by atoms with Crippen molar-refractivity contribution in [2.24, 2.45) is 0 Å². The summed E-state index contributed by atoms with van der Waals surface area (Å²) in [6.07, 6.45) is 0. The van der Waals surface area contributed by atoms with Gasteiger partial charge in [-0.1, -0.05) is 66.4 Å². The van der Waals surface area contributed by atoms with Gasteiger partial charge in [-0.3, -0.25) is 4.79 Å². The predicted octanol–water partition coefficient (Wildman–Crippen LogP) is 5.85. The Bertz CT molecular complexity index is 1250. The molecule has 1 unspecified atom stereocenters. The maximum Gasteiger partial charge on any atom is 0.277 e. The van der Waals surface area contributed by atoms with E-state index in [1.165, 1.54) is 6.07 Å². The number of rotatable bonds is 5. The average molecular weight is 464 g/mol. The van der Waals surface area contributed by atoms with Crippen LogP contribution in [0.3, 0.4) is 0 Å². The highest BCUT2D eigenvalue weighted by Crippen LogP contribution is 2.43. The van der Waals surface area contributed by atoms with Gasteiger partial charge in [0.1, 0.15) is 5.82 Å². The van der Waals surface area contributed by atoms with Gasteiger partial charge >= 0.3 is 0 Å². The standard InChI is InChI=1S/C24H18FN3O2S2/c25-18-11-5-4-10-17(18)23-26-27-24(30-23)32-15-22(29)28-19-12-6-7-13-21(19)31-14-20(28)16-8-2-1-3-9-16/h1-13,20H,14-15H2. The van der Waals surface area contributed by atoms with Crippen LogP contribution in [0, 0.1) is 5.82 Å². The fourth-order valence-corrected chi connectivity index (χ4v) is 5.41. The van der Waals surface area contributed by atoms with E-state index in [1.54, 1.807) is 30.0 Å². The lowest BCUT2D eigenvalue weighted by Crippen LogP contribution is -2.39. The van der Waals surface area contributed by atoms with Crippen molar-refractivity contribution in [2.45, 2.75) is 16.2 Å². The first-order valence-corrected chi connectivity index (χ1v) is 12.0. The van der Waals surface area contributed by atoms with Crippen molar-refractivity contribution in [2.75, 3.05) is 16.4 Å². The number of hydrogen-bond acceptors (Lipinski definition) is 6. The number of amides is 1. The van der Waals surface area contributed by atoms with E-state index in [-0.39, 0.29) is 34.4 Å². The van der Waals surface area contributed by atoms with E-state index in [0.29, 0.717) is 0 Å². The highest BCUT2D eigenvalue weighted by molar-refractivity contribution is 8.00. The van der Waals surface area contributed by atoms with Crippen LogP contribution in [0.2, 0.25) is 0 Å². The van der Waals surface area contributed by atoms with Crippen molar-refractivity contribution < 1.29 is 13.6 Å². The molecule has 0 saturated carbocycles. The van der Waals surface area contributed by atoms with Crippen molar-refractivity contribution in [3.05, 3.63) is 90.2 Å². The molecular weight excluding hydrogens is 445 g/mol. The van der Waals surface area contributed by atoms with Gasteiger partial charge in [0.15, 0.2) is 0 Å². The van der Waals surface area contributed by atoms with Crippen LogP contribution in [0.25, 0.3) is 11.5 Å². The quantitative estimate of drug-likeness (QED) is 0.346. The van der Waals surface area contributed by atoms with E-state index in [4.69, 9.17) is 4.42 Å². The van der Waals surface area contributed by atoms with E-state index in [0.717, 1.165) is 33.7 Å². The lowest BCUT2D eigenvalue weighted by Gasteiger charge is -2.37. The first kappa shape index (κ1) is 20.8. The van der Waals surface area contributed by atoms with Gasteiger partial charge < -0.3 is 9.32 Å². The molecule has 1 aromatic heterocycles. The first-order valence-electron chi connectivity index (χ1n) is 10.0. The van der Waals surface area contributed by atoms with E-state index in [2.05, 4.69) is 10.2 Å². The summed E-state index contributed by atoms with van der Waals surface area (Å²) in [5.74, 6) is 0.510. The second-order valence-electron chi connectivity index (χ2n) is 7.11. The SMILES string of the molecule is O=C(CSc1nnc(-c2ccccc2F)o1)N1c2ccccc2SCC1c1ccccc1. The van der Waals surface area contributed by atoms with Crippen LogP contribution in [0.4, 0.5) is 10.1 Å². The number of carbonyl (C=O) groups excluding carboxylic acids is 1. The van der Waals surface area contributed by atoms with Crippen LogP contribution in [-0.4, -0.2) is 27.6 Å². The van der Waals surface area contributed by atoms with Crippen molar-refractivity contribution in [1.29, 1.82) is 0 Å². The molecule has 0 radical (unpaired) electrons. The largest absolute Gasteiger partial charge is 0.411 e. The zero-order valence-corrected chi connectivity index (χ0v) is 18.5. The van der Waals surface area contributed by atoms with Crippen molar-refractivity contribution in [3.63, 3.8) is 0 Å². The van der Waals surface area contributed by atoms with Crippen molar-refractivity contribution >= 4 is 35.1 Å². The molecule has 3 aromatic carbocycles. The van der Waals surface area contributed by atoms with Gasteiger partial charge in [0.05, 0.1) is 23.0 Å². The minimum Gasteiger partial charge on any atom is -0.411 e. The summed E-state index contributed by atoms with van der Waals surface area (Å²) in [6.45, 7) is 0. The Balaban J connectivity index is 1.37. The summed E-state index contributed by atoms with van der Waals surface area (Å²) in [5.41, 5.74) is 2.23. The normalized spacial score (nSPS) is 15.4. The van der Waals surface area contributed by atoms with Crippen LogP contribution in [0.5, 0.6) is 0 Å². The van der Waals surface area contributed by atoms with E-state index >= 15 is 0 Å². The molecule has 0 spiro atoms. The molecule has 32 heavy (non-hydrogen) atoms. The molecule has 1 aliphatic rings. The monoisotopic (exact) mass is 463 g/mol. The van der Waals surface area contributed by atoms with Gasteiger partial charge in [0, 0.05) is 10.6 Å². The van der Waals surface area contributed by atoms with Crippen LogP contribution < -0.4 is 4.90 Å². The van der Waals surface area contributed by atoms with Crippen LogP contribution in [-0.2, 0) is 4.79 Å². The Morgan fingerprint density at radius 3 is 2.62 bits per heavy atom. The molecule has 4 aromatic rings. The molecule has 0 N–H and O–H groups in total. The molecule has 5 nitrogen and oxygen atoms in total. The third-order valence-corrected chi connectivity index (χ3v) is 7.06. The van der Waals surface area contributed by atoms with Gasteiger partial charge in [-0.2, -0.15) is 0 Å². The Kier molecular flexibility index (Phi) is 5.96. The van der Waals surface area contributed by atoms with Crippen LogP contribution >= 0.6 is 23.5 Å². The third-order valence-electron chi connectivity index (χ3n) is 5.12. The second-order valence-corrected chi connectivity index (χ2v) is 9.10. The molecule has 0 aliphatic carbocycles. The minimum absolute atomic E-state index is 0.0535. The van der Waals surface area contributed by atoms with Crippen molar-refractivity contribution in [1.82, 2.24) is 10.2 Å². The summed E-state index contributed by atoms with van der Waals surface area (Å²) in [5, 5.41) is 8.14. The molecule has 5 rings (SSSR count). The third kappa shape index (κ3) is 4.16. The Morgan fingerprint density at radius 1 is 1.03 bits per heavy atom. The number of para-hydroxylation sites is 1. The summed E-state index contributed by atoms with van der Waals surface area (Å²) in [6, 6.07) is 24.1.